The van der Waals surface area contributed by atoms with Crippen molar-refractivity contribution in [1.82, 2.24) is 4.90 Å². The molecule has 0 bridgehead atoms. The highest BCUT2D eigenvalue weighted by molar-refractivity contribution is 7.99. The van der Waals surface area contributed by atoms with Gasteiger partial charge < -0.3 is 15.1 Å². The van der Waals surface area contributed by atoms with Gasteiger partial charge in [0.25, 0.3) is 0 Å². The van der Waals surface area contributed by atoms with Crippen LogP contribution in [0.15, 0.2) is 23.1 Å². The Hall–Kier alpha value is -1.20. The average Bonchev–Trinajstić information content (AvgIpc) is 2.49. The number of amides is 1. The minimum absolute atomic E-state index is 0.206. The molecule has 16 heavy (non-hydrogen) atoms. The standard InChI is InChI=1S/C11H13NO3S/c13-7-11(15)12-3-4-16-10-2-1-9(14)5-8(10)6-12/h1-2,5,13-14H,3-4,6-7H2. The molecule has 4 nitrogen and oxygen atoms in total. The van der Waals surface area contributed by atoms with Gasteiger partial charge in [0.05, 0.1) is 0 Å². The highest BCUT2D eigenvalue weighted by Gasteiger charge is 2.18. The van der Waals surface area contributed by atoms with E-state index >= 15 is 0 Å². The summed E-state index contributed by atoms with van der Waals surface area (Å²) >= 11 is 1.66. The van der Waals surface area contributed by atoms with Gasteiger partial charge in [-0.1, -0.05) is 0 Å². The molecule has 5 heteroatoms. The Morgan fingerprint density at radius 1 is 1.50 bits per heavy atom. The Labute approximate surface area is 97.9 Å². The number of fused-ring (bicyclic) bond motifs is 1. The highest BCUT2D eigenvalue weighted by Crippen LogP contribution is 2.29. The molecule has 0 saturated heterocycles. The number of thioether (sulfide) groups is 1. The van der Waals surface area contributed by atoms with Crippen LogP contribution in [-0.4, -0.2) is 39.9 Å². The summed E-state index contributed by atoms with van der Waals surface area (Å²) in [6, 6.07) is 5.18. The van der Waals surface area contributed by atoms with Crippen LogP contribution in [0.4, 0.5) is 0 Å². The van der Waals surface area contributed by atoms with Gasteiger partial charge in [-0.05, 0) is 23.8 Å². The molecule has 1 aromatic carbocycles. The third-order valence-electron chi connectivity index (χ3n) is 2.51. The fourth-order valence-electron chi connectivity index (χ4n) is 1.69. The van der Waals surface area contributed by atoms with Crippen LogP contribution in [0.3, 0.4) is 0 Å². The van der Waals surface area contributed by atoms with E-state index in [0.717, 1.165) is 16.2 Å². The van der Waals surface area contributed by atoms with Crippen LogP contribution in [0.2, 0.25) is 0 Å². The Morgan fingerprint density at radius 3 is 3.06 bits per heavy atom. The van der Waals surface area contributed by atoms with Crippen molar-refractivity contribution in [3.8, 4) is 5.75 Å². The number of phenols is 1. The van der Waals surface area contributed by atoms with E-state index in [-0.39, 0.29) is 11.7 Å². The van der Waals surface area contributed by atoms with Gasteiger partial charge >= 0.3 is 0 Å². The number of aromatic hydroxyl groups is 1. The third kappa shape index (κ3) is 2.31. The SMILES string of the molecule is O=C(CO)N1CCSc2ccc(O)cc2C1. The summed E-state index contributed by atoms with van der Waals surface area (Å²) in [5.74, 6) is 0.748. The van der Waals surface area contributed by atoms with E-state index in [9.17, 15) is 9.90 Å². The number of benzene rings is 1. The molecule has 0 unspecified atom stereocenters. The molecule has 2 N–H and O–H groups in total. The molecular formula is C11H13NO3S. The van der Waals surface area contributed by atoms with Crippen LogP contribution in [0.1, 0.15) is 5.56 Å². The molecule has 1 heterocycles. The lowest BCUT2D eigenvalue weighted by Gasteiger charge is -2.19. The molecule has 1 aliphatic rings. The summed E-state index contributed by atoms with van der Waals surface area (Å²) in [5.41, 5.74) is 0.935. The van der Waals surface area contributed by atoms with E-state index in [2.05, 4.69) is 0 Å². The zero-order chi connectivity index (χ0) is 11.5. The van der Waals surface area contributed by atoms with Crippen molar-refractivity contribution in [3.63, 3.8) is 0 Å². The van der Waals surface area contributed by atoms with Gasteiger partial charge in [0.1, 0.15) is 12.4 Å². The molecule has 86 valence electrons. The maximum atomic E-state index is 11.4. The molecule has 0 radical (unpaired) electrons. The van der Waals surface area contributed by atoms with Gasteiger partial charge in [0.2, 0.25) is 5.91 Å². The maximum absolute atomic E-state index is 11.4. The first-order chi connectivity index (χ1) is 7.70. The lowest BCUT2D eigenvalue weighted by molar-refractivity contribution is -0.134. The second kappa shape index (κ2) is 4.76. The van der Waals surface area contributed by atoms with Crippen molar-refractivity contribution >= 4 is 17.7 Å². The van der Waals surface area contributed by atoms with Crippen molar-refractivity contribution in [3.05, 3.63) is 23.8 Å². The number of hydrogen-bond acceptors (Lipinski definition) is 4. The highest BCUT2D eigenvalue weighted by atomic mass is 32.2. The number of carbonyl (C=O) groups excluding carboxylic acids is 1. The molecule has 0 aromatic heterocycles. The summed E-state index contributed by atoms with van der Waals surface area (Å²) in [4.78, 5) is 14.1. The molecule has 0 fully saturated rings. The normalized spacial score (nSPS) is 15.4. The second-order valence-electron chi connectivity index (χ2n) is 3.61. The summed E-state index contributed by atoms with van der Waals surface area (Å²) in [6.45, 7) is 0.619. The summed E-state index contributed by atoms with van der Waals surface area (Å²) in [7, 11) is 0. The average molecular weight is 239 g/mol. The Kier molecular flexibility index (Phi) is 3.36. The van der Waals surface area contributed by atoms with Crippen LogP contribution >= 0.6 is 11.8 Å². The van der Waals surface area contributed by atoms with Crippen molar-refractivity contribution in [2.45, 2.75) is 11.4 Å². The molecule has 0 aliphatic carbocycles. The molecule has 1 aromatic rings. The van der Waals surface area contributed by atoms with Gasteiger partial charge in [-0.25, -0.2) is 0 Å². The molecule has 0 spiro atoms. The largest absolute Gasteiger partial charge is 0.508 e. The van der Waals surface area contributed by atoms with Crippen LogP contribution in [0.5, 0.6) is 5.75 Å². The smallest absolute Gasteiger partial charge is 0.248 e. The van der Waals surface area contributed by atoms with Crippen molar-refractivity contribution < 1.29 is 15.0 Å². The van der Waals surface area contributed by atoms with Gasteiger partial charge in [-0.2, -0.15) is 0 Å². The van der Waals surface area contributed by atoms with Gasteiger partial charge in [0, 0.05) is 23.7 Å². The number of rotatable bonds is 1. The zero-order valence-electron chi connectivity index (χ0n) is 8.72. The first-order valence-electron chi connectivity index (χ1n) is 5.04. The predicted molar refractivity (Wildman–Crippen MR) is 61.3 cm³/mol. The summed E-state index contributed by atoms with van der Waals surface area (Å²) in [5, 5.41) is 18.2. The fraction of sp³-hybridized carbons (Fsp3) is 0.364. The third-order valence-corrected chi connectivity index (χ3v) is 3.61. The van der Waals surface area contributed by atoms with Crippen LogP contribution < -0.4 is 0 Å². The first kappa shape index (κ1) is 11.3. The minimum Gasteiger partial charge on any atom is -0.508 e. The zero-order valence-corrected chi connectivity index (χ0v) is 9.54. The Balaban J connectivity index is 2.25. The number of aliphatic hydroxyl groups is 1. The van der Waals surface area contributed by atoms with Crippen molar-refractivity contribution in [2.75, 3.05) is 18.9 Å². The number of hydrogen-bond donors (Lipinski definition) is 2. The predicted octanol–water partition coefficient (Wildman–Crippen LogP) is 0.819. The number of nitrogens with zero attached hydrogens (tertiary/aromatic N) is 1. The quantitative estimate of drug-likeness (QED) is 0.761. The lowest BCUT2D eigenvalue weighted by Crippen LogP contribution is -2.33. The lowest BCUT2D eigenvalue weighted by atomic mass is 10.2. The van der Waals surface area contributed by atoms with E-state index in [4.69, 9.17) is 5.11 Å². The Bertz CT molecular complexity index is 408. The monoisotopic (exact) mass is 239 g/mol. The summed E-state index contributed by atoms with van der Waals surface area (Å²) < 4.78 is 0. The van der Waals surface area contributed by atoms with Gasteiger partial charge in [-0.15, -0.1) is 11.8 Å². The van der Waals surface area contributed by atoms with E-state index < -0.39 is 6.61 Å². The van der Waals surface area contributed by atoms with Crippen LogP contribution in [0.25, 0.3) is 0 Å². The van der Waals surface area contributed by atoms with Gasteiger partial charge in [-0.3, -0.25) is 4.79 Å². The minimum atomic E-state index is -0.460. The van der Waals surface area contributed by atoms with E-state index in [0.29, 0.717) is 13.1 Å². The molecule has 2 rings (SSSR count). The van der Waals surface area contributed by atoms with Crippen molar-refractivity contribution in [2.24, 2.45) is 0 Å². The number of aliphatic hydroxyl groups excluding tert-OH is 1. The number of carbonyl (C=O) groups is 1. The second-order valence-corrected chi connectivity index (χ2v) is 4.75. The molecular weight excluding hydrogens is 226 g/mol. The van der Waals surface area contributed by atoms with E-state index in [1.54, 1.807) is 28.8 Å². The van der Waals surface area contributed by atoms with E-state index in [1.165, 1.54) is 0 Å². The first-order valence-corrected chi connectivity index (χ1v) is 6.02. The van der Waals surface area contributed by atoms with Crippen molar-refractivity contribution in [1.29, 1.82) is 0 Å². The van der Waals surface area contributed by atoms with Crippen LogP contribution in [-0.2, 0) is 11.3 Å². The Morgan fingerprint density at radius 2 is 2.31 bits per heavy atom. The topological polar surface area (TPSA) is 60.8 Å². The fourth-order valence-corrected chi connectivity index (χ4v) is 2.70. The molecule has 1 aliphatic heterocycles. The van der Waals surface area contributed by atoms with Gasteiger partial charge in [0.15, 0.2) is 0 Å². The molecule has 0 saturated carbocycles. The number of phenolic OH excluding ortho intramolecular Hbond substituents is 1. The van der Waals surface area contributed by atoms with Crippen LogP contribution in [0, 0.1) is 0 Å². The summed E-state index contributed by atoms with van der Waals surface area (Å²) in [6.07, 6.45) is 0. The molecule has 1 amide bonds. The molecule has 0 atom stereocenters. The maximum Gasteiger partial charge on any atom is 0.248 e. The van der Waals surface area contributed by atoms with E-state index in [1.807, 2.05) is 6.07 Å².